The van der Waals surface area contributed by atoms with Crippen molar-refractivity contribution in [2.45, 2.75) is 29.6 Å². The van der Waals surface area contributed by atoms with Gasteiger partial charge in [0, 0.05) is 11.4 Å². The van der Waals surface area contributed by atoms with Crippen LogP contribution in [0.25, 0.3) is 0 Å². The third-order valence-electron chi connectivity index (χ3n) is 2.28. The quantitative estimate of drug-likeness (QED) is 0.912. The normalized spacial score (nSPS) is 10.8. The zero-order valence-corrected chi connectivity index (χ0v) is 12.6. The largest absolute Gasteiger partial charge is 0.313 e. The molecule has 0 unspecified atom stereocenters. The summed E-state index contributed by atoms with van der Waals surface area (Å²) in [6.45, 7) is 5.84. The molecule has 1 aromatic heterocycles. The Labute approximate surface area is 120 Å². The van der Waals surface area contributed by atoms with E-state index in [0.717, 1.165) is 32.4 Å². The number of aromatic nitrogens is 2. The van der Waals surface area contributed by atoms with E-state index in [-0.39, 0.29) is 0 Å². The second kappa shape index (κ2) is 6.52. The summed E-state index contributed by atoms with van der Waals surface area (Å²) in [4.78, 5) is 1.02. The van der Waals surface area contributed by atoms with E-state index in [1.807, 2.05) is 19.1 Å². The smallest absolute Gasteiger partial charge is 0.179 e. The molecule has 2 rings (SSSR count). The Balaban J connectivity index is 2.09. The fraction of sp³-hybridized carbons (Fsp3) is 0.333. The Morgan fingerprint density at radius 1 is 1.39 bits per heavy atom. The fourth-order valence-electron chi connectivity index (χ4n) is 1.42. The molecule has 0 aliphatic carbocycles. The molecule has 18 heavy (non-hydrogen) atoms. The zero-order valence-electron chi connectivity index (χ0n) is 10.2. The molecule has 0 saturated heterocycles. The molecule has 0 atom stereocenters. The molecule has 0 bridgehead atoms. The lowest BCUT2D eigenvalue weighted by Crippen LogP contribution is -2.11. The maximum absolute atomic E-state index is 6.27. The summed E-state index contributed by atoms with van der Waals surface area (Å²) in [5.74, 6) is 0. The number of nitrogens with one attached hydrogen (secondary N) is 1. The van der Waals surface area contributed by atoms with Crippen molar-refractivity contribution in [3.8, 4) is 0 Å². The number of nitrogens with zero attached hydrogens (tertiary/aromatic N) is 2. The summed E-state index contributed by atoms with van der Waals surface area (Å²) in [6, 6.07) is 6.13. The molecule has 0 saturated carbocycles. The van der Waals surface area contributed by atoms with Crippen molar-refractivity contribution in [3.63, 3.8) is 0 Å². The Kier molecular flexibility index (Phi) is 5.00. The van der Waals surface area contributed by atoms with Gasteiger partial charge in [0.15, 0.2) is 4.34 Å². The maximum atomic E-state index is 6.27. The van der Waals surface area contributed by atoms with Gasteiger partial charge in [-0.2, -0.15) is 0 Å². The van der Waals surface area contributed by atoms with Crippen LogP contribution in [0.15, 0.2) is 27.4 Å². The molecule has 0 spiro atoms. The number of benzene rings is 1. The van der Waals surface area contributed by atoms with Crippen LogP contribution in [-0.4, -0.2) is 16.7 Å². The van der Waals surface area contributed by atoms with Crippen LogP contribution in [0.5, 0.6) is 0 Å². The van der Waals surface area contributed by atoms with Crippen molar-refractivity contribution < 1.29 is 0 Å². The average Bonchev–Trinajstić information content (AvgIpc) is 2.75. The Morgan fingerprint density at radius 2 is 2.22 bits per heavy atom. The Bertz CT molecular complexity index is 528. The van der Waals surface area contributed by atoms with Crippen LogP contribution >= 0.6 is 34.7 Å². The first-order chi connectivity index (χ1) is 8.69. The molecule has 1 heterocycles. The summed E-state index contributed by atoms with van der Waals surface area (Å²) >= 11 is 9.41. The molecular weight excluding hydrogens is 286 g/mol. The van der Waals surface area contributed by atoms with E-state index in [1.54, 1.807) is 23.1 Å². The average molecular weight is 300 g/mol. The van der Waals surface area contributed by atoms with E-state index < -0.39 is 0 Å². The first-order valence-electron chi connectivity index (χ1n) is 5.66. The lowest BCUT2D eigenvalue weighted by molar-refractivity contribution is 0.726. The van der Waals surface area contributed by atoms with Crippen molar-refractivity contribution in [2.75, 3.05) is 6.54 Å². The Hall–Kier alpha value is -0.620. The highest BCUT2D eigenvalue weighted by Gasteiger charge is 2.07. The molecule has 0 amide bonds. The first-order valence-corrected chi connectivity index (χ1v) is 7.67. The van der Waals surface area contributed by atoms with Crippen molar-refractivity contribution in [3.05, 3.63) is 33.8 Å². The van der Waals surface area contributed by atoms with Crippen LogP contribution < -0.4 is 5.32 Å². The molecule has 96 valence electrons. The monoisotopic (exact) mass is 299 g/mol. The molecule has 0 fully saturated rings. The van der Waals surface area contributed by atoms with Crippen LogP contribution in [-0.2, 0) is 6.54 Å². The predicted octanol–water partition coefficient (Wildman–Crippen LogP) is 3.76. The van der Waals surface area contributed by atoms with Crippen molar-refractivity contribution >= 4 is 34.7 Å². The van der Waals surface area contributed by atoms with E-state index in [0.29, 0.717) is 0 Å². The van der Waals surface area contributed by atoms with Crippen LogP contribution in [0, 0.1) is 6.92 Å². The molecule has 3 nitrogen and oxygen atoms in total. The van der Waals surface area contributed by atoms with Gasteiger partial charge >= 0.3 is 0 Å². The predicted molar refractivity (Wildman–Crippen MR) is 77.6 cm³/mol. The third-order valence-corrected chi connectivity index (χ3v) is 4.67. The van der Waals surface area contributed by atoms with E-state index in [1.165, 1.54) is 5.56 Å². The number of halogens is 1. The van der Waals surface area contributed by atoms with Gasteiger partial charge in [0.1, 0.15) is 5.01 Å². The third kappa shape index (κ3) is 3.68. The molecule has 0 radical (unpaired) electrons. The maximum Gasteiger partial charge on any atom is 0.179 e. The summed E-state index contributed by atoms with van der Waals surface area (Å²) in [5, 5.41) is 13.1. The van der Waals surface area contributed by atoms with E-state index >= 15 is 0 Å². The van der Waals surface area contributed by atoms with Gasteiger partial charge < -0.3 is 5.32 Å². The second-order valence-electron chi connectivity index (χ2n) is 3.73. The van der Waals surface area contributed by atoms with Gasteiger partial charge in [-0.05, 0) is 31.2 Å². The topological polar surface area (TPSA) is 37.8 Å². The van der Waals surface area contributed by atoms with E-state index in [4.69, 9.17) is 11.6 Å². The van der Waals surface area contributed by atoms with Gasteiger partial charge in [0.05, 0.1) is 5.02 Å². The summed E-state index contributed by atoms with van der Waals surface area (Å²) < 4.78 is 0.925. The minimum atomic E-state index is 0.767. The lowest BCUT2D eigenvalue weighted by atomic mass is 10.2. The van der Waals surface area contributed by atoms with Crippen LogP contribution in [0.2, 0.25) is 5.02 Å². The molecule has 0 aliphatic heterocycles. The van der Waals surface area contributed by atoms with Gasteiger partial charge in [0.25, 0.3) is 0 Å². The van der Waals surface area contributed by atoms with Crippen molar-refractivity contribution in [1.82, 2.24) is 15.5 Å². The molecule has 1 aromatic carbocycles. The molecule has 1 N–H and O–H groups in total. The summed E-state index contributed by atoms with van der Waals surface area (Å²) in [5.41, 5.74) is 1.19. The van der Waals surface area contributed by atoms with Gasteiger partial charge in [-0.15, -0.1) is 10.2 Å². The highest BCUT2D eigenvalue weighted by molar-refractivity contribution is 8.01. The first kappa shape index (κ1) is 13.8. The van der Waals surface area contributed by atoms with Gasteiger partial charge in [-0.25, -0.2) is 0 Å². The van der Waals surface area contributed by atoms with Crippen LogP contribution in [0.4, 0.5) is 0 Å². The Morgan fingerprint density at radius 3 is 2.83 bits per heavy atom. The fourth-order valence-corrected chi connectivity index (χ4v) is 3.52. The minimum absolute atomic E-state index is 0.767. The minimum Gasteiger partial charge on any atom is -0.313 e. The van der Waals surface area contributed by atoms with Gasteiger partial charge in [-0.3, -0.25) is 0 Å². The zero-order chi connectivity index (χ0) is 13.0. The summed E-state index contributed by atoms with van der Waals surface area (Å²) in [6.07, 6.45) is 0. The van der Waals surface area contributed by atoms with Crippen molar-refractivity contribution in [1.29, 1.82) is 0 Å². The second-order valence-corrected chi connectivity index (χ2v) is 6.61. The standard InChI is InChI=1S/C12H14ClN3S2/c1-3-14-7-9-4-5-11(10(13)6-9)18-12-16-15-8(2)17-12/h4-6,14H,3,7H2,1-2H3. The van der Waals surface area contributed by atoms with E-state index in [2.05, 4.69) is 28.5 Å². The van der Waals surface area contributed by atoms with Crippen molar-refractivity contribution in [2.24, 2.45) is 0 Å². The van der Waals surface area contributed by atoms with Gasteiger partial charge in [0.2, 0.25) is 0 Å². The highest BCUT2D eigenvalue weighted by atomic mass is 35.5. The molecule has 2 aromatic rings. The SMILES string of the molecule is CCNCc1ccc(Sc2nnc(C)s2)c(Cl)c1. The number of hydrogen-bond acceptors (Lipinski definition) is 5. The number of hydrogen-bond donors (Lipinski definition) is 1. The molecule has 6 heteroatoms. The number of rotatable bonds is 5. The van der Waals surface area contributed by atoms with Crippen LogP contribution in [0.1, 0.15) is 17.5 Å². The lowest BCUT2D eigenvalue weighted by Gasteiger charge is -2.05. The number of aryl methyl sites for hydroxylation is 1. The van der Waals surface area contributed by atoms with Crippen LogP contribution in [0.3, 0.4) is 0 Å². The van der Waals surface area contributed by atoms with E-state index in [9.17, 15) is 0 Å². The van der Waals surface area contributed by atoms with Gasteiger partial charge in [-0.1, -0.05) is 47.7 Å². The summed E-state index contributed by atoms with van der Waals surface area (Å²) in [7, 11) is 0. The molecular formula is C12H14ClN3S2. The molecule has 0 aliphatic rings. The highest BCUT2D eigenvalue weighted by Crippen LogP contribution is 2.35.